The van der Waals surface area contributed by atoms with Crippen molar-refractivity contribution in [1.29, 1.82) is 0 Å². The van der Waals surface area contributed by atoms with Crippen LogP contribution in [0.2, 0.25) is 0 Å². The summed E-state index contributed by atoms with van der Waals surface area (Å²) in [6.07, 6.45) is 4.15. The van der Waals surface area contributed by atoms with Gasteiger partial charge in [0.15, 0.2) is 0 Å². The molecule has 0 aliphatic carbocycles. The zero-order chi connectivity index (χ0) is 16.8. The van der Waals surface area contributed by atoms with E-state index in [0.29, 0.717) is 31.8 Å². The first-order chi connectivity index (χ1) is 10.6. The number of carbonyl (C=O) groups excluding carboxylic acids is 2. The Bertz CT molecular complexity index is 307. The maximum absolute atomic E-state index is 11.6. The second kappa shape index (κ2) is 13.4. The number of rotatable bonds is 12. The fourth-order valence-electron chi connectivity index (χ4n) is 1.99. The van der Waals surface area contributed by atoms with Crippen LogP contribution in [0.25, 0.3) is 0 Å². The highest BCUT2D eigenvalue weighted by Crippen LogP contribution is 2.10. The second-order valence-electron chi connectivity index (χ2n) is 5.47. The summed E-state index contributed by atoms with van der Waals surface area (Å²) in [7, 11) is 0. The lowest BCUT2D eigenvalue weighted by Crippen LogP contribution is -2.37. The zero-order valence-electron chi connectivity index (χ0n) is 14.2. The minimum absolute atomic E-state index is 0.0446. The summed E-state index contributed by atoms with van der Waals surface area (Å²) in [4.78, 5) is 22.8. The molecular formula is C16H32N2O4. The molecule has 6 heteroatoms. The van der Waals surface area contributed by atoms with Crippen LogP contribution in [0.3, 0.4) is 0 Å². The molecule has 3 N–H and O–H groups in total. The molecule has 130 valence electrons. The molecule has 2 atom stereocenters. The number of hydrogen-bond acceptors (Lipinski definition) is 4. The van der Waals surface area contributed by atoms with E-state index in [1.54, 1.807) is 6.92 Å². The summed E-state index contributed by atoms with van der Waals surface area (Å²) < 4.78 is 5.26. The van der Waals surface area contributed by atoms with Crippen LogP contribution in [0.15, 0.2) is 0 Å². The van der Waals surface area contributed by atoms with Crippen molar-refractivity contribution in [2.24, 2.45) is 5.92 Å². The average molecular weight is 316 g/mol. The van der Waals surface area contributed by atoms with Gasteiger partial charge in [-0.25, -0.2) is 4.79 Å². The standard InChI is InChI=1S/C16H32N2O4/c1-4-13(12-19)9-7-8-10-17-16(21)22-14(5-2)11-18-15(20)6-3/h13-14,19H,4-12H2,1-3H3,(H,17,21)(H,18,20). The molecule has 22 heavy (non-hydrogen) atoms. The lowest BCUT2D eigenvalue weighted by atomic mass is 10.0. The predicted octanol–water partition coefficient (Wildman–Crippen LogP) is 2.21. The summed E-state index contributed by atoms with van der Waals surface area (Å²) in [5.74, 6) is 0.315. The van der Waals surface area contributed by atoms with E-state index in [0.717, 1.165) is 25.7 Å². The summed E-state index contributed by atoms with van der Waals surface area (Å²) in [5.41, 5.74) is 0. The average Bonchev–Trinajstić information content (AvgIpc) is 2.54. The summed E-state index contributed by atoms with van der Waals surface area (Å²) >= 11 is 0. The van der Waals surface area contributed by atoms with Crippen molar-refractivity contribution >= 4 is 12.0 Å². The van der Waals surface area contributed by atoms with E-state index in [4.69, 9.17) is 9.84 Å². The van der Waals surface area contributed by atoms with Gasteiger partial charge in [0.05, 0.1) is 6.54 Å². The Morgan fingerprint density at radius 3 is 2.36 bits per heavy atom. The molecule has 0 spiro atoms. The largest absolute Gasteiger partial charge is 0.444 e. The Morgan fingerprint density at radius 2 is 1.82 bits per heavy atom. The smallest absolute Gasteiger partial charge is 0.407 e. The van der Waals surface area contributed by atoms with Gasteiger partial charge in [0.2, 0.25) is 5.91 Å². The molecule has 0 bridgehead atoms. The van der Waals surface area contributed by atoms with Crippen molar-refractivity contribution in [2.75, 3.05) is 19.7 Å². The predicted molar refractivity (Wildman–Crippen MR) is 86.6 cm³/mol. The van der Waals surface area contributed by atoms with Crippen LogP contribution in [-0.4, -0.2) is 42.9 Å². The molecule has 2 amide bonds. The van der Waals surface area contributed by atoms with E-state index >= 15 is 0 Å². The highest BCUT2D eigenvalue weighted by atomic mass is 16.6. The van der Waals surface area contributed by atoms with E-state index in [-0.39, 0.29) is 18.6 Å². The van der Waals surface area contributed by atoms with Crippen LogP contribution in [0, 0.1) is 5.92 Å². The monoisotopic (exact) mass is 316 g/mol. The van der Waals surface area contributed by atoms with E-state index in [1.165, 1.54) is 0 Å². The van der Waals surface area contributed by atoms with E-state index in [2.05, 4.69) is 17.6 Å². The van der Waals surface area contributed by atoms with Gasteiger partial charge in [0.1, 0.15) is 6.10 Å². The van der Waals surface area contributed by atoms with Gasteiger partial charge in [-0.1, -0.05) is 33.6 Å². The van der Waals surface area contributed by atoms with Crippen LogP contribution in [0.4, 0.5) is 4.79 Å². The van der Waals surface area contributed by atoms with Crippen molar-refractivity contribution in [3.63, 3.8) is 0 Å². The number of amides is 2. The number of carbonyl (C=O) groups is 2. The van der Waals surface area contributed by atoms with Crippen molar-refractivity contribution in [1.82, 2.24) is 10.6 Å². The Hall–Kier alpha value is -1.30. The normalized spacial score (nSPS) is 13.3. The number of nitrogens with one attached hydrogen (secondary N) is 2. The van der Waals surface area contributed by atoms with Crippen molar-refractivity contribution in [3.8, 4) is 0 Å². The van der Waals surface area contributed by atoms with E-state index < -0.39 is 6.09 Å². The van der Waals surface area contributed by atoms with Crippen LogP contribution in [-0.2, 0) is 9.53 Å². The topological polar surface area (TPSA) is 87.7 Å². The van der Waals surface area contributed by atoms with Crippen LogP contribution in [0.5, 0.6) is 0 Å². The summed E-state index contributed by atoms with van der Waals surface area (Å²) in [6.45, 7) is 6.91. The second-order valence-corrected chi connectivity index (χ2v) is 5.47. The molecule has 6 nitrogen and oxygen atoms in total. The maximum atomic E-state index is 11.6. The van der Waals surface area contributed by atoms with Gasteiger partial charge >= 0.3 is 6.09 Å². The van der Waals surface area contributed by atoms with Crippen LogP contribution >= 0.6 is 0 Å². The third-order valence-electron chi connectivity index (χ3n) is 3.72. The highest BCUT2D eigenvalue weighted by Gasteiger charge is 2.13. The first-order valence-electron chi connectivity index (χ1n) is 8.39. The van der Waals surface area contributed by atoms with Gasteiger partial charge in [-0.15, -0.1) is 0 Å². The molecule has 0 fully saturated rings. The van der Waals surface area contributed by atoms with Crippen molar-refractivity contribution in [3.05, 3.63) is 0 Å². The number of ether oxygens (including phenoxy) is 1. The minimum atomic E-state index is -0.438. The van der Waals surface area contributed by atoms with Crippen molar-refractivity contribution < 1.29 is 19.4 Å². The van der Waals surface area contributed by atoms with Crippen LogP contribution in [0.1, 0.15) is 59.3 Å². The Morgan fingerprint density at radius 1 is 1.09 bits per heavy atom. The van der Waals surface area contributed by atoms with E-state index in [1.807, 2.05) is 6.92 Å². The third kappa shape index (κ3) is 10.4. The Kier molecular flexibility index (Phi) is 12.6. The first-order valence-corrected chi connectivity index (χ1v) is 8.39. The molecule has 0 heterocycles. The quantitative estimate of drug-likeness (QED) is 0.482. The summed E-state index contributed by atoms with van der Waals surface area (Å²) in [5, 5.41) is 14.5. The Balaban J connectivity index is 3.75. The first kappa shape index (κ1) is 20.7. The minimum Gasteiger partial charge on any atom is -0.444 e. The lowest BCUT2D eigenvalue weighted by molar-refractivity contribution is -0.121. The lowest BCUT2D eigenvalue weighted by Gasteiger charge is -2.17. The van der Waals surface area contributed by atoms with Gasteiger partial charge in [0, 0.05) is 19.6 Å². The Labute approximate surface area is 134 Å². The molecule has 0 rings (SSSR count). The van der Waals surface area contributed by atoms with Gasteiger partial charge in [-0.2, -0.15) is 0 Å². The van der Waals surface area contributed by atoms with Gasteiger partial charge in [0.25, 0.3) is 0 Å². The molecule has 0 aliphatic heterocycles. The third-order valence-corrected chi connectivity index (χ3v) is 3.72. The molecule has 0 radical (unpaired) electrons. The molecule has 0 aliphatic rings. The molecule has 0 aromatic rings. The number of hydrogen-bond donors (Lipinski definition) is 3. The van der Waals surface area contributed by atoms with Gasteiger partial charge in [-0.05, 0) is 25.2 Å². The summed E-state index contributed by atoms with van der Waals surface area (Å²) in [6, 6.07) is 0. The maximum Gasteiger partial charge on any atom is 0.407 e. The van der Waals surface area contributed by atoms with Crippen LogP contribution < -0.4 is 10.6 Å². The van der Waals surface area contributed by atoms with E-state index in [9.17, 15) is 9.59 Å². The molecule has 0 aromatic carbocycles. The fourth-order valence-corrected chi connectivity index (χ4v) is 1.99. The number of unbranched alkanes of at least 4 members (excludes halogenated alkanes) is 1. The molecular weight excluding hydrogens is 284 g/mol. The van der Waals surface area contributed by atoms with Crippen molar-refractivity contribution in [2.45, 2.75) is 65.4 Å². The molecule has 0 saturated carbocycles. The van der Waals surface area contributed by atoms with Gasteiger partial charge < -0.3 is 20.5 Å². The molecule has 0 saturated heterocycles. The highest BCUT2D eigenvalue weighted by molar-refractivity contribution is 5.75. The SMILES string of the molecule is CCC(=O)NCC(CC)OC(=O)NCCCCC(CC)CO. The number of alkyl carbamates (subject to hydrolysis) is 1. The zero-order valence-corrected chi connectivity index (χ0v) is 14.2. The number of aliphatic hydroxyl groups is 1. The fraction of sp³-hybridized carbons (Fsp3) is 0.875. The molecule has 0 aromatic heterocycles. The molecule has 2 unspecified atom stereocenters. The van der Waals surface area contributed by atoms with Gasteiger partial charge in [-0.3, -0.25) is 4.79 Å². The number of aliphatic hydroxyl groups excluding tert-OH is 1.